The summed E-state index contributed by atoms with van der Waals surface area (Å²) < 4.78 is 11.6. The molecule has 138 valence electrons. The molecule has 0 fully saturated rings. The Morgan fingerprint density at radius 2 is 2.12 bits per heavy atom. The van der Waals surface area contributed by atoms with Gasteiger partial charge in [-0.1, -0.05) is 15.9 Å². The zero-order valence-electron chi connectivity index (χ0n) is 14.6. The molecule has 0 saturated heterocycles. The van der Waals surface area contributed by atoms with Crippen LogP contribution in [0.2, 0.25) is 0 Å². The molecule has 0 unspecified atom stereocenters. The molecule has 1 aromatic carbocycles. The van der Waals surface area contributed by atoms with Gasteiger partial charge in [-0.2, -0.15) is 0 Å². The molecule has 1 amide bonds. The van der Waals surface area contributed by atoms with Crippen LogP contribution in [0.1, 0.15) is 20.8 Å². The molecule has 0 spiro atoms. The number of H-pyrrole nitrogens is 1. The molecule has 0 aliphatic rings. The zero-order chi connectivity index (χ0) is 18.9. The number of amides is 1. The second-order valence-electron chi connectivity index (χ2n) is 6.69. The summed E-state index contributed by atoms with van der Waals surface area (Å²) in [5.41, 5.74) is 0.324. The number of benzene rings is 1. The highest BCUT2D eigenvalue weighted by atomic mass is 79.9. The van der Waals surface area contributed by atoms with Crippen LogP contribution in [0.3, 0.4) is 0 Å². The van der Waals surface area contributed by atoms with Crippen molar-refractivity contribution < 1.29 is 13.9 Å². The molecule has 0 atom stereocenters. The Morgan fingerprint density at radius 1 is 1.35 bits per heavy atom. The van der Waals surface area contributed by atoms with Crippen LogP contribution in [0.4, 0.5) is 10.7 Å². The number of alkyl carbamates (subject to hydrolysis) is 1. The summed E-state index contributed by atoms with van der Waals surface area (Å²) >= 11 is 3.40. The van der Waals surface area contributed by atoms with Crippen molar-refractivity contribution in [1.82, 2.24) is 15.3 Å². The van der Waals surface area contributed by atoms with Crippen LogP contribution in [0, 0.1) is 0 Å². The topological polar surface area (TPSA) is 109 Å². The lowest BCUT2D eigenvalue weighted by atomic mass is 10.2. The Balaban J connectivity index is 1.71. The number of aromatic amines is 1. The number of carbonyl (C=O) groups is 1. The summed E-state index contributed by atoms with van der Waals surface area (Å²) in [4.78, 5) is 30.9. The van der Waals surface area contributed by atoms with Crippen molar-refractivity contribution in [3.8, 4) is 0 Å². The van der Waals surface area contributed by atoms with Gasteiger partial charge in [-0.05, 0) is 39.0 Å². The summed E-state index contributed by atoms with van der Waals surface area (Å²) in [6.07, 6.45) is -0.498. The molecule has 2 heterocycles. The molecule has 3 rings (SSSR count). The van der Waals surface area contributed by atoms with E-state index in [1.807, 2.05) is 12.1 Å². The monoisotopic (exact) mass is 422 g/mol. The minimum Gasteiger partial charge on any atom is -0.449 e. The van der Waals surface area contributed by atoms with Crippen molar-refractivity contribution >= 4 is 50.0 Å². The normalized spacial score (nSPS) is 11.7. The molecule has 3 N–H and O–H groups in total. The molecule has 8 nitrogen and oxygen atoms in total. The molecule has 0 aliphatic carbocycles. The Kier molecular flexibility index (Phi) is 4.90. The highest BCUT2D eigenvalue weighted by molar-refractivity contribution is 9.10. The molecule has 0 bridgehead atoms. The van der Waals surface area contributed by atoms with Gasteiger partial charge in [-0.25, -0.2) is 9.78 Å². The average molecular weight is 423 g/mol. The van der Waals surface area contributed by atoms with Crippen molar-refractivity contribution in [2.45, 2.75) is 26.4 Å². The summed E-state index contributed by atoms with van der Waals surface area (Å²) in [6.45, 7) is 6.06. The van der Waals surface area contributed by atoms with Crippen LogP contribution in [-0.4, -0.2) is 34.8 Å². The van der Waals surface area contributed by atoms with Crippen molar-refractivity contribution in [2.24, 2.45) is 0 Å². The van der Waals surface area contributed by atoms with Crippen LogP contribution < -0.4 is 16.2 Å². The van der Waals surface area contributed by atoms with Crippen LogP contribution in [0.15, 0.2) is 31.9 Å². The SMILES string of the molecule is CC(C)(C)OC(=O)NCCNc1nc2c(oc3ccc(Br)cc32)c(=O)[nH]1. The van der Waals surface area contributed by atoms with E-state index in [2.05, 4.69) is 36.5 Å². The van der Waals surface area contributed by atoms with Gasteiger partial charge in [0.05, 0.1) is 0 Å². The van der Waals surface area contributed by atoms with Crippen LogP contribution in [0.25, 0.3) is 22.1 Å². The number of furan rings is 1. The molecule has 0 radical (unpaired) electrons. The number of fused-ring (bicyclic) bond motifs is 3. The minimum absolute atomic E-state index is 0.176. The van der Waals surface area contributed by atoms with Gasteiger partial charge in [0, 0.05) is 22.9 Å². The maximum atomic E-state index is 12.2. The summed E-state index contributed by atoms with van der Waals surface area (Å²) in [7, 11) is 0. The number of anilines is 1. The van der Waals surface area contributed by atoms with Gasteiger partial charge < -0.3 is 19.8 Å². The number of nitrogens with zero attached hydrogens (tertiary/aromatic N) is 1. The Morgan fingerprint density at radius 3 is 2.85 bits per heavy atom. The molecule has 0 saturated carbocycles. The second-order valence-corrected chi connectivity index (χ2v) is 7.61. The minimum atomic E-state index is -0.550. The maximum Gasteiger partial charge on any atom is 0.407 e. The third kappa shape index (κ3) is 4.16. The third-order valence-electron chi connectivity index (χ3n) is 3.37. The average Bonchev–Trinajstić information content (AvgIpc) is 2.89. The second kappa shape index (κ2) is 6.99. The van der Waals surface area contributed by atoms with Crippen LogP contribution in [-0.2, 0) is 4.74 Å². The van der Waals surface area contributed by atoms with Crippen molar-refractivity contribution in [2.75, 3.05) is 18.4 Å². The van der Waals surface area contributed by atoms with Gasteiger partial charge in [-0.3, -0.25) is 9.78 Å². The van der Waals surface area contributed by atoms with E-state index in [4.69, 9.17) is 9.15 Å². The number of hydrogen-bond donors (Lipinski definition) is 3. The Hall–Kier alpha value is -2.55. The summed E-state index contributed by atoms with van der Waals surface area (Å²) in [5.74, 6) is 0.302. The van der Waals surface area contributed by atoms with E-state index in [1.165, 1.54) is 0 Å². The van der Waals surface area contributed by atoms with E-state index in [1.54, 1.807) is 26.8 Å². The van der Waals surface area contributed by atoms with Crippen LogP contribution >= 0.6 is 15.9 Å². The standard InChI is InChI=1S/C17H19BrN4O4/c1-17(2,3)26-16(24)20-7-6-19-15-21-12-10-8-9(18)4-5-11(10)25-13(12)14(23)22-15/h4-5,8H,6-7H2,1-3H3,(H,20,24)(H2,19,21,22,23). The number of halogens is 1. The Labute approximate surface area is 157 Å². The van der Waals surface area contributed by atoms with Gasteiger partial charge in [0.25, 0.3) is 5.56 Å². The lowest BCUT2D eigenvalue weighted by Crippen LogP contribution is -2.35. The number of hydrogen-bond acceptors (Lipinski definition) is 6. The fourth-order valence-corrected chi connectivity index (χ4v) is 2.73. The molecule has 2 aromatic heterocycles. The fraction of sp³-hybridized carbons (Fsp3) is 0.353. The fourth-order valence-electron chi connectivity index (χ4n) is 2.37. The maximum absolute atomic E-state index is 12.2. The molecule has 26 heavy (non-hydrogen) atoms. The first-order valence-electron chi connectivity index (χ1n) is 8.06. The number of carbonyl (C=O) groups excluding carboxylic acids is 1. The van der Waals surface area contributed by atoms with Gasteiger partial charge in [0.2, 0.25) is 11.5 Å². The molecule has 0 aliphatic heterocycles. The van der Waals surface area contributed by atoms with Crippen molar-refractivity contribution in [3.63, 3.8) is 0 Å². The zero-order valence-corrected chi connectivity index (χ0v) is 16.2. The largest absolute Gasteiger partial charge is 0.449 e. The number of ether oxygens (including phenoxy) is 1. The van der Waals surface area contributed by atoms with Gasteiger partial charge in [0.1, 0.15) is 16.7 Å². The van der Waals surface area contributed by atoms with E-state index in [9.17, 15) is 9.59 Å². The van der Waals surface area contributed by atoms with Gasteiger partial charge in [-0.15, -0.1) is 0 Å². The molecule has 3 aromatic rings. The van der Waals surface area contributed by atoms with Crippen molar-refractivity contribution in [3.05, 3.63) is 33.0 Å². The van der Waals surface area contributed by atoms with E-state index in [-0.39, 0.29) is 11.1 Å². The molecular weight excluding hydrogens is 404 g/mol. The van der Waals surface area contributed by atoms with E-state index in [0.29, 0.717) is 30.1 Å². The van der Waals surface area contributed by atoms with Gasteiger partial charge >= 0.3 is 6.09 Å². The van der Waals surface area contributed by atoms with Crippen molar-refractivity contribution in [1.29, 1.82) is 0 Å². The van der Waals surface area contributed by atoms with E-state index >= 15 is 0 Å². The first kappa shape index (κ1) is 18.2. The summed E-state index contributed by atoms with van der Waals surface area (Å²) in [6, 6.07) is 5.46. The number of nitrogens with one attached hydrogen (secondary N) is 3. The predicted octanol–water partition coefficient (Wildman–Crippen LogP) is 3.37. The quantitative estimate of drug-likeness (QED) is 0.556. The summed E-state index contributed by atoms with van der Waals surface area (Å²) in [5, 5.41) is 6.35. The lowest BCUT2D eigenvalue weighted by molar-refractivity contribution is 0.0530. The number of rotatable bonds is 4. The number of aromatic nitrogens is 2. The van der Waals surface area contributed by atoms with E-state index < -0.39 is 11.7 Å². The molecule has 9 heteroatoms. The first-order valence-corrected chi connectivity index (χ1v) is 8.85. The third-order valence-corrected chi connectivity index (χ3v) is 3.86. The Bertz CT molecular complexity index is 1020. The predicted molar refractivity (Wildman–Crippen MR) is 103 cm³/mol. The van der Waals surface area contributed by atoms with Gasteiger partial charge in [0.15, 0.2) is 0 Å². The highest BCUT2D eigenvalue weighted by Gasteiger charge is 2.16. The van der Waals surface area contributed by atoms with E-state index in [0.717, 1.165) is 9.86 Å². The lowest BCUT2D eigenvalue weighted by Gasteiger charge is -2.19. The smallest absolute Gasteiger partial charge is 0.407 e. The first-order chi connectivity index (χ1) is 12.2. The van der Waals surface area contributed by atoms with Crippen LogP contribution in [0.5, 0.6) is 0 Å². The highest BCUT2D eigenvalue weighted by Crippen LogP contribution is 2.28. The molecular formula is C17H19BrN4O4.